The fourth-order valence-corrected chi connectivity index (χ4v) is 3.10. The van der Waals surface area contributed by atoms with Gasteiger partial charge in [0.2, 0.25) is 10.0 Å². The maximum Gasteiger partial charge on any atom is 0.218 e. The number of hydrogen-bond donors (Lipinski definition) is 1. The molecule has 1 aromatic rings. The van der Waals surface area contributed by atoms with E-state index < -0.39 is 15.3 Å². The van der Waals surface area contributed by atoms with Crippen molar-refractivity contribution in [1.29, 1.82) is 0 Å². The molecule has 0 radical (unpaired) electrons. The summed E-state index contributed by atoms with van der Waals surface area (Å²) in [6.45, 7) is 8.66. The normalized spacial score (nSPS) is 13.9. The molecule has 0 aliphatic heterocycles. The summed E-state index contributed by atoms with van der Waals surface area (Å²) in [5.74, 6) is 0. The molecule has 114 valence electrons. The summed E-state index contributed by atoms with van der Waals surface area (Å²) < 4.78 is 26.2. The summed E-state index contributed by atoms with van der Waals surface area (Å²) >= 11 is 0. The molecule has 0 saturated carbocycles. The van der Waals surface area contributed by atoms with Crippen molar-refractivity contribution in [3.8, 4) is 0 Å². The van der Waals surface area contributed by atoms with Gasteiger partial charge >= 0.3 is 0 Å². The lowest BCUT2D eigenvalue weighted by molar-refractivity contribution is 0.450. The van der Waals surface area contributed by atoms with E-state index in [1.165, 1.54) is 9.87 Å². The SMILES string of the molecule is Cc1ccc(CN(C)S(=O)(=O)C(C)CNC(C)C)cc1. The Hall–Kier alpha value is -0.910. The second-order valence-corrected chi connectivity index (χ2v) is 8.12. The molecule has 0 aliphatic rings. The molecule has 0 amide bonds. The lowest BCUT2D eigenvalue weighted by Gasteiger charge is -2.23. The fraction of sp³-hybridized carbons (Fsp3) is 0.600. The van der Waals surface area contributed by atoms with Gasteiger partial charge < -0.3 is 5.32 Å². The van der Waals surface area contributed by atoms with Crippen LogP contribution in [0.25, 0.3) is 0 Å². The largest absolute Gasteiger partial charge is 0.313 e. The van der Waals surface area contributed by atoms with E-state index in [0.717, 1.165) is 5.56 Å². The molecule has 1 atom stereocenters. The third-order valence-electron chi connectivity index (χ3n) is 3.28. The van der Waals surface area contributed by atoms with Crippen molar-refractivity contribution in [3.63, 3.8) is 0 Å². The fourth-order valence-electron chi connectivity index (χ4n) is 1.85. The Bertz CT molecular complexity index is 509. The number of hydrogen-bond acceptors (Lipinski definition) is 3. The van der Waals surface area contributed by atoms with Crippen molar-refractivity contribution in [2.24, 2.45) is 0 Å². The zero-order valence-corrected chi connectivity index (χ0v) is 13.9. The van der Waals surface area contributed by atoms with Crippen molar-refractivity contribution >= 4 is 10.0 Å². The van der Waals surface area contributed by atoms with Gasteiger partial charge in [0.15, 0.2) is 0 Å². The van der Waals surface area contributed by atoms with Crippen molar-refractivity contribution in [3.05, 3.63) is 35.4 Å². The molecule has 1 N–H and O–H groups in total. The Morgan fingerprint density at radius 3 is 2.20 bits per heavy atom. The van der Waals surface area contributed by atoms with E-state index in [1.54, 1.807) is 14.0 Å². The van der Waals surface area contributed by atoms with Gasteiger partial charge in [-0.2, -0.15) is 0 Å². The van der Waals surface area contributed by atoms with Crippen LogP contribution in [-0.4, -0.2) is 37.6 Å². The van der Waals surface area contributed by atoms with Gasteiger partial charge in [-0.25, -0.2) is 12.7 Å². The quantitative estimate of drug-likeness (QED) is 0.839. The molecule has 1 aromatic carbocycles. The molecule has 0 saturated heterocycles. The van der Waals surface area contributed by atoms with Gasteiger partial charge in [-0.05, 0) is 19.4 Å². The molecular weight excluding hydrogens is 272 g/mol. The number of nitrogens with zero attached hydrogens (tertiary/aromatic N) is 1. The molecule has 5 heteroatoms. The van der Waals surface area contributed by atoms with Crippen LogP contribution in [0.5, 0.6) is 0 Å². The zero-order chi connectivity index (χ0) is 15.3. The highest BCUT2D eigenvalue weighted by molar-refractivity contribution is 7.89. The lowest BCUT2D eigenvalue weighted by Crippen LogP contribution is -2.41. The molecule has 1 unspecified atom stereocenters. The molecule has 0 spiro atoms. The van der Waals surface area contributed by atoms with Crippen molar-refractivity contribution in [1.82, 2.24) is 9.62 Å². The predicted octanol–water partition coefficient (Wildman–Crippen LogP) is 2.14. The summed E-state index contributed by atoms with van der Waals surface area (Å²) in [6.07, 6.45) is 0. The highest BCUT2D eigenvalue weighted by Gasteiger charge is 2.25. The minimum atomic E-state index is -3.27. The van der Waals surface area contributed by atoms with Crippen LogP contribution >= 0.6 is 0 Å². The summed E-state index contributed by atoms with van der Waals surface area (Å²) in [5.41, 5.74) is 2.18. The Kier molecular flexibility index (Phi) is 6.17. The van der Waals surface area contributed by atoms with Crippen LogP contribution in [-0.2, 0) is 16.6 Å². The molecule has 0 aromatic heterocycles. The van der Waals surface area contributed by atoms with Crippen LogP contribution in [0.15, 0.2) is 24.3 Å². The van der Waals surface area contributed by atoms with Gasteiger partial charge in [-0.15, -0.1) is 0 Å². The van der Waals surface area contributed by atoms with Crippen molar-refractivity contribution < 1.29 is 8.42 Å². The minimum Gasteiger partial charge on any atom is -0.313 e. The van der Waals surface area contributed by atoms with E-state index in [4.69, 9.17) is 0 Å². The van der Waals surface area contributed by atoms with Crippen LogP contribution in [0.4, 0.5) is 0 Å². The minimum absolute atomic E-state index is 0.287. The third kappa shape index (κ3) is 4.89. The molecule has 1 rings (SSSR count). The summed E-state index contributed by atoms with van der Waals surface area (Å²) in [7, 11) is -1.63. The van der Waals surface area contributed by atoms with Crippen LogP contribution in [0.1, 0.15) is 31.9 Å². The number of aryl methyl sites for hydroxylation is 1. The average molecular weight is 298 g/mol. The van der Waals surface area contributed by atoms with E-state index in [0.29, 0.717) is 13.1 Å². The van der Waals surface area contributed by atoms with Gasteiger partial charge in [0.1, 0.15) is 0 Å². The molecule has 0 fully saturated rings. The van der Waals surface area contributed by atoms with Crippen molar-refractivity contribution in [2.45, 2.75) is 45.5 Å². The van der Waals surface area contributed by atoms with Gasteiger partial charge in [0.05, 0.1) is 5.25 Å². The Labute approximate surface area is 123 Å². The highest BCUT2D eigenvalue weighted by Crippen LogP contribution is 2.12. The number of benzene rings is 1. The Morgan fingerprint density at radius 2 is 1.70 bits per heavy atom. The first kappa shape index (κ1) is 17.1. The Morgan fingerprint density at radius 1 is 1.15 bits per heavy atom. The van der Waals surface area contributed by atoms with E-state index >= 15 is 0 Å². The average Bonchev–Trinajstić information content (AvgIpc) is 2.38. The molecule has 0 aliphatic carbocycles. The van der Waals surface area contributed by atoms with E-state index in [1.807, 2.05) is 45.0 Å². The monoisotopic (exact) mass is 298 g/mol. The zero-order valence-electron chi connectivity index (χ0n) is 13.1. The van der Waals surface area contributed by atoms with Gasteiger partial charge in [0.25, 0.3) is 0 Å². The summed E-state index contributed by atoms with van der Waals surface area (Å²) in [4.78, 5) is 0. The molecule has 20 heavy (non-hydrogen) atoms. The van der Waals surface area contributed by atoms with Crippen LogP contribution in [0.3, 0.4) is 0 Å². The summed E-state index contributed by atoms with van der Waals surface area (Å²) in [5, 5.41) is 2.74. The molecule has 4 nitrogen and oxygen atoms in total. The molecule has 0 heterocycles. The maximum absolute atomic E-state index is 12.4. The third-order valence-corrected chi connectivity index (χ3v) is 5.46. The maximum atomic E-state index is 12.4. The number of sulfonamides is 1. The topological polar surface area (TPSA) is 49.4 Å². The number of nitrogens with one attached hydrogen (secondary N) is 1. The first-order chi connectivity index (χ1) is 9.23. The summed E-state index contributed by atoms with van der Waals surface area (Å²) in [6, 6.07) is 8.23. The first-order valence-corrected chi connectivity index (χ1v) is 8.48. The van der Waals surface area contributed by atoms with Crippen molar-refractivity contribution in [2.75, 3.05) is 13.6 Å². The lowest BCUT2D eigenvalue weighted by atomic mass is 10.1. The molecular formula is C15H26N2O2S. The van der Waals surface area contributed by atoms with Gasteiger partial charge in [-0.3, -0.25) is 0 Å². The van der Waals surface area contributed by atoms with Crippen LogP contribution in [0, 0.1) is 6.92 Å². The molecule has 0 bridgehead atoms. The smallest absolute Gasteiger partial charge is 0.218 e. The van der Waals surface area contributed by atoms with E-state index in [9.17, 15) is 8.42 Å². The predicted molar refractivity (Wildman–Crippen MR) is 84.2 cm³/mol. The second-order valence-electron chi connectivity index (χ2n) is 5.66. The van der Waals surface area contributed by atoms with E-state index in [2.05, 4.69) is 5.32 Å². The van der Waals surface area contributed by atoms with Crippen LogP contribution < -0.4 is 5.32 Å². The number of rotatable bonds is 7. The highest BCUT2D eigenvalue weighted by atomic mass is 32.2. The van der Waals surface area contributed by atoms with Crippen LogP contribution in [0.2, 0.25) is 0 Å². The van der Waals surface area contributed by atoms with E-state index in [-0.39, 0.29) is 6.04 Å². The first-order valence-electron chi connectivity index (χ1n) is 6.97. The second kappa shape index (κ2) is 7.20. The van der Waals surface area contributed by atoms with Gasteiger partial charge in [0, 0.05) is 26.2 Å². The Balaban J connectivity index is 2.68. The standard InChI is InChI=1S/C15H26N2O2S/c1-12(2)16-10-14(4)20(18,19)17(5)11-15-8-6-13(3)7-9-15/h6-9,12,14,16H,10-11H2,1-5H3. The van der Waals surface area contributed by atoms with Gasteiger partial charge in [-0.1, -0.05) is 43.7 Å².